The van der Waals surface area contributed by atoms with Gasteiger partial charge in [-0.3, -0.25) is 4.57 Å². The molecule has 0 fully saturated rings. The summed E-state index contributed by atoms with van der Waals surface area (Å²) < 4.78 is 15.9. The fourth-order valence-electron chi connectivity index (χ4n) is 2.45. The van der Waals surface area contributed by atoms with E-state index in [1.807, 2.05) is 27.7 Å². The number of aromatic nitrogens is 3. The molecule has 2 heterocycles. The Balaban J connectivity index is 2.43. The van der Waals surface area contributed by atoms with Crippen molar-refractivity contribution in [2.45, 2.75) is 33.2 Å². The lowest BCUT2D eigenvalue weighted by molar-refractivity contribution is 0.521. The van der Waals surface area contributed by atoms with Crippen LogP contribution in [0.15, 0.2) is 12.1 Å². The lowest BCUT2D eigenvalue weighted by Gasteiger charge is -2.34. The van der Waals surface area contributed by atoms with E-state index < -0.39 is 0 Å². The number of halogens is 1. The smallest absolute Gasteiger partial charge is 0.162 e. The summed E-state index contributed by atoms with van der Waals surface area (Å²) in [4.78, 5) is 0. The van der Waals surface area contributed by atoms with Crippen molar-refractivity contribution < 1.29 is 4.39 Å². The van der Waals surface area contributed by atoms with Gasteiger partial charge in [0.2, 0.25) is 0 Å². The molecule has 1 aliphatic heterocycles. The lowest BCUT2D eigenvalue weighted by atomic mass is 9.98. The van der Waals surface area contributed by atoms with Crippen LogP contribution < -0.4 is 5.32 Å². The summed E-state index contributed by atoms with van der Waals surface area (Å²) >= 11 is 0. The first-order valence-corrected chi connectivity index (χ1v) is 5.92. The summed E-state index contributed by atoms with van der Waals surface area (Å²) in [6.07, 6.45) is 0. The minimum Gasteiger partial charge on any atom is -0.371 e. The Morgan fingerprint density at radius 3 is 2.67 bits per heavy atom. The Bertz CT molecular complexity index is 643. The molecule has 0 saturated carbocycles. The summed E-state index contributed by atoms with van der Waals surface area (Å²) in [5.74, 6) is 1.17. The summed E-state index contributed by atoms with van der Waals surface area (Å²) in [5, 5.41) is 11.6. The highest BCUT2D eigenvalue weighted by Crippen LogP contribution is 2.39. The van der Waals surface area contributed by atoms with Crippen LogP contribution in [0.1, 0.15) is 31.1 Å². The largest absolute Gasteiger partial charge is 0.371 e. The van der Waals surface area contributed by atoms with E-state index >= 15 is 0 Å². The van der Waals surface area contributed by atoms with Crippen molar-refractivity contribution in [1.82, 2.24) is 14.8 Å². The quantitative estimate of drug-likeness (QED) is 0.777. The van der Waals surface area contributed by atoms with Crippen molar-refractivity contribution in [1.29, 1.82) is 0 Å². The maximum absolute atomic E-state index is 14.1. The van der Waals surface area contributed by atoms with Gasteiger partial charge in [0.1, 0.15) is 17.3 Å². The van der Waals surface area contributed by atoms with Crippen molar-refractivity contribution >= 4 is 5.69 Å². The molecule has 5 heteroatoms. The van der Waals surface area contributed by atoms with E-state index in [1.54, 1.807) is 10.6 Å². The molecule has 1 N–H and O–H groups in total. The Hall–Kier alpha value is -1.91. The van der Waals surface area contributed by atoms with Crippen LogP contribution in [0.2, 0.25) is 0 Å². The highest BCUT2D eigenvalue weighted by Gasteiger charge is 2.36. The predicted molar refractivity (Wildman–Crippen MR) is 67.4 cm³/mol. The predicted octanol–water partition coefficient (Wildman–Crippen LogP) is 2.68. The van der Waals surface area contributed by atoms with E-state index in [-0.39, 0.29) is 11.4 Å². The van der Waals surface area contributed by atoms with Gasteiger partial charge in [0, 0.05) is 0 Å². The van der Waals surface area contributed by atoms with Crippen molar-refractivity contribution in [2.75, 3.05) is 5.32 Å². The van der Waals surface area contributed by atoms with Crippen LogP contribution in [0, 0.1) is 19.7 Å². The number of fused-ring (bicyclic) bond motifs is 3. The normalized spacial score (nSPS) is 15.8. The van der Waals surface area contributed by atoms with Crippen molar-refractivity contribution in [3.05, 3.63) is 35.2 Å². The number of nitrogens with zero attached hydrogens (tertiary/aromatic N) is 3. The third-order valence-electron chi connectivity index (χ3n) is 3.38. The van der Waals surface area contributed by atoms with Crippen molar-refractivity contribution in [3.8, 4) is 5.69 Å². The van der Waals surface area contributed by atoms with Gasteiger partial charge >= 0.3 is 0 Å². The molecule has 1 aromatic carbocycles. The van der Waals surface area contributed by atoms with Gasteiger partial charge in [0.05, 0.1) is 11.2 Å². The summed E-state index contributed by atoms with van der Waals surface area (Å²) in [6.45, 7) is 7.83. The number of aryl methyl sites for hydroxylation is 2. The summed E-state index contributed by atoms with van der Waals surface area (Å²) in [5.41, 5.74) is 1.98. The molecule has 0 spiro atoms. The second-order valence-corrected chi connectivity index (χ2v) is 5.24. The van der Waals surface area contributed by atoms with Gasteiger partial charge in [-0.2, -0.15) is 0 Å². The average molecular weight is 246 g/mol. The van der Waals surface area contributed by atoms with E-state index in [4.69, 9.17) is 0 Å². The van der Waals surface area contributed by atoms with Gasteiger partial charge in [-0.25, -0.2) is 4.39 Å². The first-order chi connectivity index (χ1) is 8.42. The molecular weight excluding hydrogens is 231 g/mol. The van der Waals surface area contributed by atoms with Gasteiger partial charge in [0.25, 0.3) is 0 Å². The van der Waals surface area contributed by atoms with Crippen molar-refractivity contribution in [3.63, 3.8) is 0 Å². The van der Waals surface area contributed by atoms with E-state index in [0.29, 0.717) is 11.5 Å². The topological polar surface area (TPSA) is 42.7 Å². The summed E-state index contributed by atoms with van der Waals surface area (Å²) in [6, 6.07) is 3.26. The average Bonchev–Trinajstić information content (AvgIpc) is 2.67. The molecule has 0 atom stereocenters. The molecule has 0 radical (unpaired) electrons. The fourth-order valence-corrected chi connectivity index (χ4v) is 2.45. The zero-order chi connectivity index (χ0) is 13.1. The Morgan fingerprint density at radius 1 is 1.22 bits per heavy atom. The molecule has 0 amide bonds. The molecule has 0 bridgehead atoms. The van der Waals surface area contributed by atoms with Crippen LogP contribution in [-0.2, 0) is 5.54 Å². The highest BCUT2D eigenvalue weighted by molar-refractivity contribution is 5.70. The molecule has 1 aromatic heterocycles. The maximum Gasteiger partial charge on any atom is 0.162 e. The second-order valence-electron chi connectivity index (χ2n) is 5.24. The number of anilines is 1. The van der Waals surface area contributed by atoms with E-state index in [2.05, 4.69) is 15.5 Å². The maximum atomic E-state index is 14.1. The molecule has 94 valence electrons. The minimum absolute atomic E-state index is 0.261. The highest BCUT2D eigenvalue weighted by atomic mass is 19.1. The molecule has 0 unspecified atom stereocenters. The van der Waals surface area contributed by atoms with E-state index in [9.17, 15) is 4.39 Å². The zero-order valence-electron chi connectivity index (χ0n) is 10.9. The molecule has 18 heavy (non-hydrogen) atoms. The molecule has 0 saturated heterocycles. The van der Waals surface area contributed by atoms with Crippen LogP contribution in [0.4, 0.5) is 10.1 Å². The molecule has 4 nitrogen and oxygen atoms in total. The number of hydrogen-bond acceptors (Lipinski definition) is 3. The number of hydrogen-bond donors (Lipinski definition) is 1. The Labute approximate surface area is 105 Å². The fraction of sp³-hybridized carbons (Fsp3) is 0.385. The minimum atomic E-state index is -0.368. The number of benzene rings is 1. The number of rotatable bonds is 0. The monoisotopic (exact) mass is 246 g/mol. The van der Waals surface area contributed by atoms with Gasteiger partial charge < -0.3 is 5.32 Å². The molecule has 1 aliphatic rings. The SMILES string of the molecule is Cc1ccc(F)c2c1NC(C)(C)c1nnc(C)n1-2. The van der Waals surface area contributed by atoms with E-state index in [0.717, 1.165) is 17.1 Å². The first-order valence-electron chi connectivity index (χ1n) is 5.92. The standard InChI is InChI=1S/C13H15FN4/c1-7-5-6-9(14)11-10(7)15-13(3,4)12-17-16-8(2)18(11)12/h5-6,15H,1-4H3. The van der Waals surface area contributed by atoms with Gasteiger partial charge in [-0.05, 0) is 39.3 Å². The van der Waals surface area contributed by atoms with Crippen LogP contribution in [0.25, 0.3) is 5.69 Å². The summed E-state index contributed by atoms with van der Waals surface area (Å²) in [7, 11) is 0. The van der Waals surface area contributed by atoms with Gasteiger partial charge in [0.15, 0.2) is 5.82 Å². The number of nitrogens with one attached hydrogen (secondary N) is 1. The third-order valence-corrected chi connectivity index (χ3v) is 3.38. The molecule has 3 rings (SSSR count). The van der Waals surface area contributed by atoms with Crippen LogP contribution >= 0.6 is 0 Å². The second kappa shape index (κ2) is 3.31. The molecule has 0 aliphatic carbocycles. The van der Waals surface area contributed by atoms with Crippen LogP contribution in [-0.4, -0.2) is 14.8 Å². The van der Waals surface area contributed by atoms with Crippen molar-refractivity contribution in [2.24, 2.45) is 0 Å². The lowest BCUT2D eigenvalue weighted by Crippen LogP contribution is -2.36. The Morgan fingerprint density at radius 2 is 1.94 bits per heavy atom. The molecule has 2 aromatic rings. The van der Waals surface area contributed by atoms with E-state index in [1.165, 1.54) is 6.07 Å². The first kappa shape index (κ1) is 11.2. The van der Waals surface area contributed by atoms with Crippen LogP contribution in [0.3, 0.4) is 0 Å². The molecular formula is C13H15FN4. The van der Waals surface area contributed by atoms with Crippen LogP contribution in [0.5, 0.6) is 0 Å². The zero-order valence-corrected chi connectivity index (χ0v) is 10.9. The van der Waals surface area contributed by atoms with Gasteiger partial charge in [-0.1, -0.05) is 6.07 Å². The van der Waals surface area contributed by atoms with Gasteiger partial charge in [-0.15, -0.1) is 10.2 Å². The third kappa shape index (κ3) is 1.30. The Kier molecular flexibility index (Phi) is 2.06.